The zero-order valence-electron chi connectivity index (χ0n) is 20.8. The Balaban J connectivity index is 1.11. The van der Waals surface area contributed by atoms with Crippen molar-refractivity contribution in [2.24, 2.45) is 0 Å². The highest BCUT2D eigenvalue weighted by atomic mass is 32.2. The number of ether oxygens (including phenoxy) is 2. The van der Waals surface area contributed by atoms with Crippen LogP contribution in [0.5, 0.6) is 11.5 Å². The van der Waals surface area contributed by atoms with E-state index in [2.05, 4.69) is 25.0 Å². The summed E-state index contributed by atoms with van der Waals surface area (Å²) in [6, 6.07) is 17.0. The summed E-state index contributed by atoms with van der Waals surface area (Å²) >= 11 is 0. The molecule has 1 atom stereocenters. The van der Waals surface area contributed by atoms with Crippen LogP contribution < -0.4 is 19.5 Å². The topological polar surface area (TPSA) is 126 Å². The van der Waals surface area contributed by atoms with E-state index in [1.165, 1.54) is 48.9 Å². The van der Waals surface area contributed by atoms with Gasteiger partial charge in [0, 0.05) is 47.9 Å². The number of anilines is 1. The Morgan fingerprint density at radius 1 is 1.05 bits per heavy atom. The number of rotatable bonds is 13. The van der Waals surface area contributed by atoms with Crippen LogP contribution in [-0.4, -0.2) is 50.0 Å². The maximum Gasteiger partial charge on any atom is 0.387 e. The van der Waals surface area contributed by atoms with Gasteiger partial charge in [0.25, 0.3) is 10.0 Å². The molecule has 1 fully saturated rings. The highest BCUT2D eigenvalue weighted by Crippen LogP contribution is 2.42. The lowest BCUT2D eigenvalue weighted by Crippen LogP contribution is -2.26. The lowest BCUT2D eigenvalue weighted by Gasteiger charge is -2.15. The molecule has 1 heterocycles. The van der Waals surface area contributed by atoms with Crippen molar-refractivity contribution in [3.05, 3.63) is 78.0 Å². The third-order valence-electron chi connectivity index (χ3n) is 6.29. The Kier molecular flexibility index (Phi) is 7.96. The Bertz CT molecular complexity index is 1540. The first-order valence-electron chi connectivity index (χ1n) is 12.5. The molecule has 9 nitrogen and oxygen atoms in total. The Labute approximate surface area is 224 Å². The van der Waals surface area contributed by atoms with E-state index in [4.69, 9.17) is 4.74 Å². The van der Waals surface area contributed by atoms with Crippen LogP contribution in [0.25, 0.3) is 10.9 Å². The highest BCUT2D eigenvalue weighted by molar-refractivity contribution is 7.92. The van der Waals surface area contributed by atoms with E-state index in [0.29, 0.717) is 30.4 Å². The van der Waals surface area contributed by atoms with Gasteiger partial charge in [0.2, 0.25) is 0 Å². The van der Waals surface area contributed by atoms with Crippen molar-refractivity contribution in [3.8, 4) is 11.5 Å². The van der Waals surface area contributed by atoms with E-state index in [9.17, 15) is 22.3 Å². The number of hydrogen-bond acceptors (Lipinski definition) is 7. The SMILES string of the molecule is O=S(=O)(Nc1cccc(C(O)CNCCOc2ccc3c(C4CC4)[nH]nc3c2)c1)c1cccc(OC(F)F)c1. The number of aliphatic hydroxyl groups excluding tert-OH is 1. The van der Waals surface area contributed by atoms with Gasteiger partial charge in [0.15, 0.2) is 0 Å². The molecule has 0 radical (unpaired) electrons. The van der Waals surface area contributed by atoms with Crippen molar-refractivity contribution >= 4 is 26.6 Å². The van der Waals surface area contributed by atoms with E-state index in [1.54, 1.807) is 12.1 Å². The fourth-order valence-corrected chi connectivity index (χ4v) is 5.31. The first kappa shape index (κ1) is 26.9. The van der Waals surface area contributed by atoms with E-state index in [-0.39, 0.29) is 22.9 Å². The number of alkyl halides is 2. The number of hydrogen-bond donors (Lipinski definition) is 4. The first-order valence-corrected chi connectivity index (χ1v) is 13.9. The van der Waals surface area contributed by atoms with E-state index < -0.39 is 22.7 Å². The van der Waals surface area contributed by atoms with Crippen LogP contribution in [0.2, 0.25) is 0 Å². The lowest BCUT2D eigenvalue weighted by molar-refractivity contribution is -0.0499. The van der Waals surface area contributed by atoms with Gasteiger partial charge in [-0.05, 0) is 54.8 Å². The van der Waals surface area contributed by atoms with Crippen molar-refractivity contribution in [2.75, 3.05) is 24.4 Å². The standard InChI is InChI=1S/C27H28F2N4O5S/c28-27(29)38-21-5-2-6-22(14-21)39(35,36)33-19-4-1-3-18(13-19)25(34)16-30-11-12-37-20-9-10-23-24(15-20)31-32-26(23)17-7-8-17/h1-6,9-10,13-15,17,25,27,30,33-34H,7-8,11-12,16H2,(H,31,32). The van der Waals surface area contributed by atoms with Crippen molar-refractivity contribution < 1.29 is 31.8 Å². The minimum Gasteiger partial charge on any atom is -0.492 e. The molecule has 1 aliphatic carbocycles. The molecule has 1 unspecified atom stereocenters. The van der Waals surface area contributed by atoms with Crippen molar-refractivity contribution in [3.63, 3.8) is 0 Å². The highest BCUT2D eigenvalue weighted by Gasteiger charge is 2.27. The molecule has 1 saturated carbocycles. The molecular formula is C27H28F2N4O5S. The minimum atomic E-state index is -4.07. The zero-order valence-corrected chi connectivity index (χ0v) is 21.6. The Hall–Kier alpha value is -3.74. The van der Waals surface area contributed by atoms with Gasteiger partial charge in [-0.3, -0.25) is 9.82 Å². The van der Waals surface area contributed by atoms with E-state index in [1.807, 2.05) is 18.2 Å². The molecule has 3 aromatic carbocycles. The number of H-pyrrole nitrogens is 1. The number of nitrogens with zero attached hydrogens (tertiary/aromatic N) is 1. The molecule has 206 valence electrons. The summed E-state index contributed by atoms with van der Waals surface area (Å²) in [7, 11) is -4.07. The van der Waals surface area contributed by atoms with Crippen LogP contribution in [0.1, 0.15) is 36.1 Å². The number of aliphatic hydroxyl groups is 1. The van der Waals surface area contributed by atoms with Gasteiger partial charge < -0.3 is 19.9 Å². The van der Waals surface area contributed by atoms with Crippen LogP contribution in [0, 0.1) is 0 Å². The van der Waals surface area contributed by atoms with Crippen LogP contribution in [0.15, 0.2) is 71.6 Å². The van der Waals surface area contributed by atoms with Crippen LogP contribution in [0.4, 0.5) is 14.5 Å². The molecular weight excluding hydrogens is 530 g/mol. The first-order chi connectivity index (χ1) is 18.8. The molecule has 0 bridgehead atoms. The van der Waals surface area contributed by atoms with Gasteiger partial charge in [0.1, 0.15) is 18.1 Å². The second-order valence-electron chi connectivity index (χ2n) is 9.24. The Morgan fingerprint density at radius 2 is 1.87 bits per heavy atom. The molecule has 0 amide bonds. The van der Waals surface area contributed by atoms with Gasteiger partial charge in [-0.25, -0.2) is 8.42 Å². The maximum absolute atomic E-state index is 12.7. The summed E-state index contributed by atoms with van der Waals surface area (Å²) < 4.78 is 62.9. The minimum absolute atomic E-state index is 0.216. The number of halogens is 2. The fraction of sp³-hybridized carbons (Fsp3) is 0.296. The van der Waals surface area contributed by atoms with Gasteiger partial charge in [-0.2, -0.15) is 13.9 Å². The second-order valence-corrected chi connectivity index (χ2v) is 10.9. The molecule has 0 spiro atoms. The summed E-state index contributed by atoms with van der Waals surface area (Å²) in [6.45, 7) is -1.99. The number of sulfonamides is 1. The van der Waals surface area contributed by atoms with Gasteiger partial charge in [-0.15, -0.1) is 0 Å². The van der Waals surface area contributed by atoms with Crippen LogP contribution in [0.3, 0.4) is 0 Å². The second kappa shape index (κ2) is 11.6. The zero-order chi connectivity index (χ0) is 27.4. The van der Waals surface area contributed by atoms with Gasteiger partial charge >= 0.3 is 6.61 Å². The van der Waals surface area contributed by atoms with Gasteiger partial charge in [0.05, 0.1) is 16.5 Å². The number of benzene rings is 3. The quantitative estimate of drug-likeness (QED) is 0.178. The monoisotopic (exact) mass is 558 g/mol. The van der Waals surface area contributed by atoms with Crippen molar-refractivity contribution in [1.82, 2.24) is 15.5 Å². The van der Waals surface area contributed by atoms with Crippen molar-refractivity contribution in [1.29, 1.82) is 0 Å². The van der Waals surface area contributed by atoms with Gasteiger partial charge in [-0.1, -0.05) is 18.2 Å². The third-order valence-corrected chi connectivity index (χ3v) is 7.67. The number of aromatic amines is 1. The molecule has 4 aromatic rings. The summed E-state index contributed by atoms with van der Waals surface area (Å²) in [4.78, 5) is -0.233. The summed E-state index contributed by atoms with van der Waals surface area (Å²) in [6.07, 6.45) is 1.49. The Morgan fingerprint density at radius 3 is 2.67 bits per heavy atom. The molecule has 1 aromatic heterocycles. The predicted octanol–water partition coefficient (Wildman–Crippen LogP) is 4.54. The molecule has 5 rings (SSSR count). The lowest BCUT2D eigenvalue weighted by atomic mass is 10.1. The average Bonchev–Trinajstić information content (AvgIpc) is 3.67. The van der Waals surface area contributed by atoms with Crippen LogP contribution in [-0.2, 0) is 10.0 Å². The normalized spacial score (nSPS) is 14.5. The summed E-state index contributed by atoms with van der Waals surface area (Å²) in [5, 5.41) is 22.3. The average molecular weight is 559 g/mol. The van der Waals surface area contributed by atoms with E-state index >= 15 is 0 Å². The van der Waals surface area contributed by atoms with E-state index in [0.717, 1.165) is 17.0 Å². The van der Waals surface area contributed by atoms with Crippen molar-refractivity contribution in [2.45, 2.75) is 36.4 Å². The number of fused-ring (bicyclic) bond motifs is 1. The maximum atomic E-state index is 12.7. The molecule has 0 saturated heterocycles. The molecule has 1 aliphatic rings. The summed E-state index contributed by atoms with van der Waals surface area (Å²) in [5.74, 6) is 1.03. The smallest absolute Gasteiger partial charge is 0.387 e. The summed E-state index contributed by atoms with van der Waals surface area (Å²) in [5.41, 5.74) is 2.78. The van der Waals surface area contributed by atoms with Crippen LogP contribution >= 0.6 is 0 Å². The molecule has 12 heteroatoms. The molecule has 0 aliphatic heterocycles. The molecule has 4 N–H and O–H groups in total. The predicted molar refractivity (Wildman–Crippen MR) is 142 cm³/mol. The largest absolute Gasteiger partial charge is 0.492 e. The molecule has 39 heavy (non-hydrogen) atoms. The third kappa shape index (κ3) is 6.83. The number of aromatic nitrogens is 2. The number of nitrogens with one attached hydrogen (secondary N) is 3. The fourth-order valence-electron chi connectivity index (χ4n) is 4.22.